The molecule has 8 nitrogen and oxygen atoms in total. The molecule has 2 heterocycles. The number of urea groups is 1. The molecule has 2 N–H and O–H groups in total. The van der Waals surface area contributed by atoms with Crippen LogP contribution in [0.1, 0.15) is 42.4 Å². The molecule has 2 aromatic rings. The molecule has 0 bridgehead atoms. The second-order valence-electron chi connectivity index (χ2n) is 11.7. The molecule has 2 aromatic carbocycles. The number of carbonyl (C=O) groups excluding carboxylic acids is 2. The predicted molar refractivity (Wildman–Crippen MR) is 145 cm³/mol. The summed E-state index contributed by atoms with van der Waals surface area (Å²) in [4.78, 5) is 28.0. The average molecular weight is 684 g/mol. The Morgan fingerprint density at radius 3 is 2.04 bits per heavy atom. The van der Waals surface area contributed by atoms with Crippen LogP contribution in [0.15, 0.2) is 47.4 Å². The highest BCUT2D eigenvalue weighted by molar-refractivity contribution is 7.92. The van der Waals surface area contributed by atoms with Crippen LogP contribution in [0.25, 0.3) is 0 Å². The van der Waals surface area contributed by atoms with Gasteiger partial charge in [-0.15, -0.1) is 0 Å². The Kier molecular flexibility index (Phi) is 8.15. The predicted octanol–water partition coefficient (Wildman–Crippen LogP) is 4.50. The number of piperidine rings is 1. The molecule has 2 saturated heterocycles. The van der Waals surface area contributed by atoms with E-state index in [1.807, 2.05) is 0 Å². The highest BCUT2D eigenvalue weighted by Crippen LogP contribution is 2.57. The first-order valence-corrected chi connectivity index (χ1v) is 15.7. The number of aliphatic hydroxyl groups is 1. The molecular formula is C29H29F8N3O5S. The number of rotatable bonds is 4. The van der Waals surface area contributed by atoms with Gasteiger partial charge >= 0.3 is 24.1 Å². The van der Waals surface area contributed by atoms with Gasteiger partial charge in [0.1, 0.15) is 16.2 Å². The minimum absolute atomic E-state index is 0.00551. The van der Waals surface area contributed by atoms with Gasteiger partial charge < -0.3 is 20.2 Å². The van der Waals surface area contributed by atoms with Gasteiger partial charge in [0, 0.05) is 45.1 Å². The van der Waals surface area contributed by atoms with Crippen molar-refractivity contribution in [3.8, 4) is 0 Å². The van der Waals surface area contributed by atoms with Crippen LogP contribution in [0.3, 0.4) is 0 Å². The number of alkyl halides is 7. The Morgan fingerprint density at radius 2 is 1.50 bits per heavy atom. The van der Waals surface area contributed by atoms with Gasteiger partial charge in [-0.05, 0) is 54.7 Å². The Balaban J connectivity index is 1.62. The lowest BCUT2D eigenvalue weighted by Gasteiger charge is -2.45. The first kappa shape index (κ1) is 33.9. The van der Waals surface area contributed by atoms with E-state index in [0.29, 0.717) is 12.1 Å². The highest BCUT2D eigenvalue weighted by atomic mass is 32.2. The minimum atomic E-state index is -6.39. The number of carbonyl (C=O) groups is 2. The maximum Gasteiger partial charge on any atom is 0.435 e. The van der Waals surface area contributed by atoms with Crippen LogP contribution in [0.4, 0.5) is 39.9 Å². The summed E-state index contributed by atoms with van der Waals surface area (Å²) in [5.74, 6) is -1.63. The topological polar surface area (TPSA) is 107 Å². The number of halogens is 8. The number of aryl methyl sites for hydroxylation is 1. The number of nitrogens with zero attached hydrogens (tertiary/aromatic N) is 2. The van der Waals surface area contributed by atoms with Crippen LogP contribution in [0.5, 0.6) is 0 Å². The van der Waals surface area contributed by atoms with E-state index in [1.165, 1.54) is 11.9 Å². The SMILES string of the molecule is CNC(=O)N1CCC(O)(C(=O)N2CC[C@@]3(S(=O)(=O)c4ccc(F)cc4)c4ccc(C(F)(C(F)(F)F)C(F)(F)F)cc4CC[C@@H]23)CC1. The Bertz CT molecular complexity index is 1630. The molecule has 0 radical (unpaired) electrons. The molecule has 0 spiro atoms. The molecule has 1 aliphatic carbocycles. The lowest BCUT2D eigenvalue weighted by atomic mass is 9.76. The fourth-order valence-corrected chi connectivity index (χ4v) is 9.38. The van der Waals surface area contributed by atoms with Crippen molar-refractivity contribution < 1.29 is 58.2 Å². The molecule has 46 heavy (non-hydrogen) atoms. The zero-order valence-electron chi connectivity index (χ0n) is 24.2. The van der Waals surface area contributed by atoms with Crippen molar-refractivity contribution >= 4 is 21.8 Å². The third-order valence-electron chi connectivity index (χ3n) is 9.42. The molecule has 252 valence electrons. The van der Waals surface area contributed by atoms with Crippen molar-refractivity contribution in [2.24, 2.45) is 0 Å². The average Bonchev–Trinajstić information content (AvgIpc) is 3.40. The number of hydrogen-bond acceptors (Lipinski definition) is 5. The molecule has 2 atom stereocenters. The van der Waals surface area contributed by atoms with Crippen LogP contribution in [-0.4, -0.2) is 85.9 Å². The van der Waals surface area contributed by atoms with Crippen molar-refractivity contribution in [2.75, 3.05) is 26.7 Å². The van der Waals surface area contributed by atoms with Gasteiger partial charge in [-0.2, -0.15) is 26.3 Å². The van der Waals surface area contributed by atoms with Gasteiger partial charge in [-0.1, -0.05) is 18.2 Å². The van der Waals surface area contributed by atoms with Gasteiger partial charge in [0.2, 0.25) is 0 Å². The van der Waals surface area contributed by atoms with E-state index in [0.717, 1.165) is 29.2 Å². The molecule has 0 saturated carbocycles. The number of amides is 3. The van der Waals surface area contributed by atoms with Crippen LogP contribution in [0.2, 0.25) is 0 Å². The Hall–Kier alpha value is -3.47. The van der Waals surface area contributed by atoms with Crippen LogP contribution in [0, 0.1) is 5.82 Å². The zero-order valence-corrected chi connectivity index (χ0v) is 25.0. The fourth-order valence-electron chi connectivity index (χ4n) is 7.02. The molecule has 17 heteroatoms. The van der Waals surface area contributed by atoms with Gasteiger partial charge in [0.25, 0.3) is 5.91 Å². The summed E-state index contributed by atoms with van der Waals surface area (Å²) in [5, 5.41) is 13.8. The van der Waals surface area contributed by atoms with Crippen molar-refractivity contribution in [3.63, 3.8) is 0 Å². The second kappa shape index (κ2) is 11.1. The van der Waals surface area contributed by atoms with Crippen LogP contribution >= 0.6 is 0 Å². The highest BCUT2D eigenvalue weighted by Gasteiger charge is 2.74. The summed E-state index contributed by atoms with van der Waals surface area (Å²) in [6.07, 6.45) is -14.1. The maximum absolute atomic E-state index is 15.0. The van der Waals surface area contributed by atoms with Crippen molar-refractivity contribution in [2.45, 2.75) is 71.4 Å². The first-order valence-electron chi connectivity index (χ1n) is 14.2. The molecular weight excluding hydrogens is 654 g/mol. The first-order chi connectivity index (χ1) is 21.2. The zero-order chi connectivity index (χ0) is 34.1. The van der Waals surface area contributed by atoms with Crippen molar-refractivity contribution in [3.05, 3.63) is 65.0 Å². The number of hydrogen-bond donors (Lipinski definition) is 2. The number of likely N-dealkylation sites (tertiary alicyclic amines) is 2. The van der Waals surface area contributed by atoms with Gasteiger partial charge in [0.05, 0.1) is 10.9 Å². The monoisotopic (exact) mass is 683 g/mol. The van der Waals surface area contributed by atoms with E-state index >= 15 is 4.39 Å². The van der Waals surface area contributed by atoms with Gasteiger partial charge in [-0.25, -0.2) is 22.0 Å². The fraction of sp³-hybridized carbons (Fsp3) is 0.517. The molecule has 0 unspecified atom stereocenters. The molecule has 5 rings (SSSR count). The molecule has 3 amide bonds. The quantitative estimate of drug-likeness (QED) is 0.365. The molecule has 2 fully saturated rings. The van der Waals surface area contributed by atoms with E-state index < -0.39 is 72.5 Å². The summed E-state index contributed by atoms with van der Waals surface area (Å²) in [6.45, 7) is -0.284. The standard InChI is InChI=1S/C29H29F8N3O5S/c1-38-24(42)39-13-10-25(43,11-14-39)23(41)40-15-12-26(46(44,45)20-6-4-19(30)5-7-20)21-8-3-18(16-17(21)2-9-22(26)40)27(31,28(32,33)34)29(35,36)37/h3-8,16,22,43H,2,9-15H2,1H3,(H,38,42)/t22-,26-/m1/s1. The summed E-state index contributed by atoms with van der Waals surface area (Å²) in [6, 6.07) is 3.25. The third kappa shape index (κ3) is 4.91. The van der Waals surface area contributed by atoms with Crippen LogP contribution in [-0.2, 0) is 31.5 Å². The minimum Gasteiger partial charge on any atom is -0.380 e. The Labute approximate surface area is 258 Å². The number of nitrogens with one attached hydrogen (secondary N) is 1. The van der Waals surface area contributed by atoms with E-state index in [-0.39, 0.29) is 68.9 Å². The number of sulfone groups is 1. The van der Waals surface area contributed by atoms with Crippen molar-refractivity contribution in [1.82, 2.24) is 15.1 Å². The maximum atomic E-state index is 15.0. The van der Waals surface area contributed by atoms with Crippen LogP contribution < -0.4 is 5.32 Å². The third-order valence-corrected chi connectivity index (χ3v) is 12.0. The summed E-state index contributed by atoms with van der Waals surface area (Å²) in [5.41, 5.74) is -10.0. The van der Waals surface area contributed by atoms with E-state index in [9.17, 15) is 53.8 Å². The lowest BCUT2D eigenvalue weighted by Crippen LogP contribution is -2.60. The summed E-state index contributed by atoms with van der Waals surface area (Å²) >= 11 is 0. The number of benzene rings is 2. The normalized spacial score (nSPS) is 23.5. The summed E-state index contributed by atoms with van der Waals surface area (Å²) < 4.78 is 137. The van der Waals surface area contributed by atoms with E-state index in [1.54, 1.807) is 0 Å². The molecule has 3 aliphatic rings. The largest absolute Gasteiger partial charge is 0.435 e. The second-order valence-corrected chi connectivity index (χ2v) is 14.0. The molecule has 2 aliphatic heterocycles. The summed E-state index contributed by atoms with van der Waals surface area (Å²) in [7, 11) is -3.27. The van der Waals surface area contributed by atoms with Gasteiger partial charge in [-0.3, -0.25) is 4.79 Å². The lowest BCUT2D eigenvalue weighted by molar-refractivity contribution is -0.348. The Morgan fingerprint density at radius 1 is 0.913 bits per heavy atom. The van der Waals surface area contributed by atoms with E-state index in [4.69, 9.17) is 0 Å². The van der Waals surface area contributed by atoms with Crippen molar-refractivity contribution in [1.29, 1.82) is 0 Å². The molecule has 0 aromatic heterocycles. The van der Waals surface area contributed by atoms with Gasteiger partial charge in [0.15, 0.2) is 9.84 Å². The smallest absolute Gasteiger partial charge is 0.380 e. The van der Waals surface area contributed by atoms with E-state index in [2.05, 4.69) is 5.32 Å². The number of fused-ring (bicyclic) bond motifs is 3.